The Bertz CT molecular complexity index is 515. The van der Waals surface area contributed by atoms with Gasteiger partial charge in [-0.1, -0.05) is 30.4 Å². The van der Waals surface area contributed by atoms with E-state index in [9.17, 15) is 0 Å². The molecule has 2 heteroatoms. The van der Waals surface area contributed by atoms with E-state index in [0.717, 1.165) is 19.5 Å². The zero-order chi connectivity index (χ0) is 12.4. The Morgan fingerprint density at radius 3 is 2.83 bits per heavy atom. The summed E-state index contributed by atoms with van der Waals surface area (Å²) in [5.74, 6) is 0. The van der Waals surface area contributed by atoms with Crippen LogP contribution in [0.15, 0.2) is 71.8 Å². The van der Waals surface area contributed by atoms with Gasteiger partial charge in [-0.05, 0) is 36.4 Å². The van der Waals surface area contributed by atoms with E-state index >= 15 is 0 Å². The van der Waals surface area contributed by atoms with E-state index < -0.39 is 0 Å². The highest BCUT2D eigenvalue weighted by atomic mass is 15.2. The van der Waals surface area contributed by atoms with Crippen LogP contribution in [0.5, 0.6) is 0 Å². The van der Waals surface area contributed by atoms with Crippen LogP contribution >= 0.6 is 0 Å². The Morgan fingerprint density at radius 2 is 2.00 bits per heavy atom. The predicted molar refractivity (Wildman–Crippen MR) is 75.6 cm³/mol. The summed E-state index contributed by atoms with van der Waals surface area (Å²) in [4.78, 5) is 4.63. The Balaban J connectivity index is 1.77. The molecule has 2 aliphatic heterocycles. The fourth-order valence-electron chi connectivity index (χ4n) is 2.50. The molecule has 18 heavy (non-hydrogen) atoms. The number of nitrogens with zero attached hydrogens (tertiary/aromatic N) is 2. The molecular formula is C16H18N2. The van der Waals surface area contributed by atoms with E-state index in [1.54, 1.807) is 0 Å². The molecule has 0 aromatic rings. The van der Waals surface area contributed by atoms with Gasteiger partial charge in [-0.3, -0.25) is 0 Å². The third kappa shape index (κ3) is 2.06. The molecule has 0 N–H and O–H groups in total. The molecule has 2 nitrogen and oxygen atoms in total. The second-order valence-electron chi connectivity index (χ2n) is 4.79. The molecule has 0 aromatic carbocycles. The molecule has 0 atom stereocenters. The molecular weight excluding hydrogens is 220 g/mol. The minimum Gasteiger partial charge on any atom is -0.368 e. The van der Waals surface area contributed by atoms with Gasteiger partial charge < -0.3 is 9.80 Å². The van der Waals surface area contributed by atoms with Gasteiger partial charge in [0.1, 0.15) is 0 Å². The third-order valence-electron chi connectivity index (χ3n) is 3.58. The van der Waals surface area contributed by atoms with E-state index in [1.165, 1.54) is 17.0 Å². The normalized spacial score (nSPS) is 21.5. The largest absolute Gasteiger partial charge is 0.368 e. The van der Waals surface area contributed by atoms with Crippen LogP contribution in [0.3, 0.4) is 0 Å². The van der Waals surface area contributed by atoms with Gasteiger partial charge in [0.15, 0.2) is 0 Å². The lowest BCUT2D eigenvalue weighted by Gasteiger charge is -2.34. The second-order valence-corrected chi connectivity index (χ2v) is 4.79. The lowest BCUT2D eigenvalue weighted by atomic mass is 9.99. The Kier molecular flexibility index (Phi) is 2.93. The SMILES string of the molecule is CN1C(CN2C=CC=CC2)=CC=C2CC=CC=C21. The molecule has 0 saturated heterocycles. The standard InChI is InChI=1S/C16H18N2/c1-17-15(13-18-11-5-2-6-12-18)10-9-14-7-3-4-8-16(14)17/h2-6,8-11H,7,12-13H2,1H3. The highest BCUT2D eigenvalue weighted by Crippen LogP contribution is 2.29. The monoisotopic (exact) mass is 238 g/mol. The van der Waals surface area contributed by atoms with Crippen molar-refractivity contribution >= 4 is 0 Å². The van der Waals surface area contributed by atoms with Gasteiger partial charge in [0.2, 0.25) is 0 Å². The average molecular weight is 238 g/mol. The molecule has 0 saturated carbocycles. The summed E-state index contributed by atoms with van der Waals surface area (Å²) in [5.41, 5.74) is 4.10. The van der Waals surface area contributed by atoms with Gasteiger partial charge in [0.05, 0.1) is 6.54 Å². The number of hydrogen-bond donors (Lipinski definition) is 0. The van der Waals surface area contributed by atoms with Crippen molar-refractivity contribution in [3.63, 3.8) is 0 Å². The molecule has 3 rings (SSSR count). The van der Waals surface area contributed by atoms with Crippen molar-refractivity contribution in [2.45, 2.75) is 6.42 Å². The van der Waals surface area contributed by atoms with Gasteiger partial charge in [-0.25, -0.2) is 0 Å². The highest BCUT2D eigenvalue weighted by Gasteiger charge is 2.19. The van der Waals surface area contributed by atoms with Crippen LogP contribution in [-0.4, -0.2) is 29.9 Å². The molecule has 2 heterocycles. The molecule has 0 amide bonds. The zero-order valence-electron chi connectivity index (χ0n) is 10.7. The first kappa shape index (κ1) is 11.1. The smallest absolute Gasteiger partial charge is 0.0579 e. The van der Waals surface area contributed by atoms with E-state index in [1.807, 2.05) is 0 Å². The Hall–Kier alpha value is -1.96. The van der Waals surface area contributed by atoms with Crippen molar-refractivity contribution in [1.82, 2.24) is 9.80 Å². The minimum atomic E-state index is 0.960. The summed E-state index contributed by atoms with van der Waals surface area (Å²) in [7, 11) is 2.16. The molecule has 0 fully saturated rings. The fourth-order valence-corrected chi connectivity index (χ4v) is 2.50. The first-order valence-corrected chi connectivity index (χ1v) is 6.42. The molecule has 1 aliphatic carbocycles. The van der Waals surface area contributed by atoms with E-state index in [4.69, 9.17) is 0 Å². The topological polar surface area (TPSA) is 6.48 Å². The average Bonchev–Trinajstić information content (AvgIpc) is 2.43. The van der Waals surface area contributed by atoms with Gasteiger partial charge in [0.25, 0.3) is 0 Å². The summed E-state index contributed by atoms with van der Waals surface area (Å²) >= 11 is 0. The first-order chi connectivity index (χ1) is 8.84. The quantitative estimate of drug-likeness (QED) is 0.729. The maximum atomic E-state index is 2.32. The maximum absolute atomic E-state index is 2.32. The lowest BCUT2D eigenvalue weighted by Crippen LogP contribution is -2.31. The molecule has 92 valence electrons. The number of hydrogen-bond acceptors (Lipinski definition) is 2. The molecule has 3 aliphatic rings. The Morgan fingerprint density at radius 1 is 1.06 bits per heavy atom. The van der Waals surface area contributed by atoms with Gasteiger partial charge in [0, 0.05) is 25.0 Å². The summed E-state index contributed by atoms with van der Waals surface area (Å²) in [6.45, 7) is 1.96. The number of likely N-dealkylation sites (N-methyl/N-ethyl adjacent to an activating group) is 1. The summed E-state index contributed by atoms with van der Waals surface area (Å²) in [6.07, 6.45) is 20.7. The van der Waals surface area contributed by atoms with E-state index in [2.05, 4.69) is 71.7 Å². The van der Waals surface area contributed by atoms with Crippen LogP contribution in [0.25, 0.3) is 0 Å². The predicted octanol–water partition coefficient (Wildman–Crippen LogP) is 2.97. The number of allylic oxidation sites excluding steroid dienone is 8. The van der Waals surface area contributed by atoms with Crippen LogP contribution in [-0.2, 0) is 0 Å². The second kappa shape index (κ2) is 4.73. The van der Waals surface area contributed by atoms with Crippen molar-refractivity contribution in [2.75, 3.05) is 20.1 Å². The van der Waals surface area contributed by atoms with E-state index in [-0.39, 0.29) is 0 Å². The van der Waals surface area contributed by atoms with Crippen molar-refractivity contribution in [1.29, 1.82) is 0 Å². The minimum absolute atomic E-state index is 0.960. The number of fused-ring (bicyclic) bond motifs is 1. The molecule has 0 aromatic heterocycles. The zero-order valence-corrected chi connectivity index (χ0v) is 10.7. The lowest BCUT2D eigenvalue weighted by molar-refractivity contribution is 0.386. The summed E-state index contributed by atoms with van der Waals surface area (Å²) in [5, 5.41) is 0. The molecule has 0 spiro atoms. The summed E-state index contributed by atoms with van der Waals surface area (Å²) in [6, 6.07) is 0. The van der Waals surface area contributed by atoms with Gasteiger partial charge >= 0.3 is 0 Å². The highest BCUT2D eigenvalue weighted by molar-refractivity contribution is 5.45. The van der Waals surface area contributed by atoms with Gasteiger partial charge in [-0.2, -0.15) is 0 Å². The van der Waals surface area contributed by atoms with Crippen LogP contribution in [0.1, 0.15) is 6.42 Å². The van der Waals surface area contributed by atoms with Crippen molar-refractivity contribution in [3.05, 3.63) is 71.8 Å². The van der Waals surface area contributed by atoms with Gasteiger partial charge in [-0.15, -0.1) is 0 Å². The summed E-state index contributed by atoms with van der Waals surface area (Å²) < 4.78 is 0. The fraction of sp³-hybridized carbons (Fsp3) is 0.250. The van der Waals surface area contributed by atoms with Crippen LogP contribution in [0.2, 0.25) is 0 Å². The van der Waals surface area contributed by atoms with Crippen LogP contribution in [0, 0.1) is 0 Å². The van der Waals surface area contributed by atoms with Crippen molar-refractivity contribution in [3.8, 4) is 0 Å². The van der Waals surface area contributed by atoms with Crippen LogP contribution in [0.4, 0.5) is 0 Å². The molecule has 0 radical (unpaired) electrons. The van der Waals surface area contributed by atoms with E-state index in [0.29, 0.717) is 0 Å². The van der Waals surface area contributed by atoms with Crippen molar-refractivity contribution in [2.24, 2.45) is 0 Å². The Labute approximate surface area is 109 Å². The molecule has 0 unspecified atom stereocenters. The first-order valence-electron chi connectivity index (χ1n) is 6.42. The van der Waals surface area contributed by atoms with Crippen LogP contribution < -0.4 is 0 Å². The maximum Gasteiger partial charge on any atom is 0.0579 e. The number of rotatable bonds is 2. The third-order valence-corrected chi connectivity index (χ3v) is 3.58. The molecule has 0 bridgehead atoms. The van der Waals surface area contributed by atoms with Crippen molar-refractivity contribution < 1.29 is 0 Å².